The molecule has 0 fully saturated rings. The van der Waals surface area contributed by atoms with Crippen molar-refractivity contribution < 1.29 is 4.79 Å². The predicted octanol–water partition coefficient (Wildman–Crippen LogP) is 1.36. The van der Waals surface area contributed by atoms with Gasteiger partial charge in [-0.1, -0.05) is 0 Å². The van der Waals surface area contributed by atoms with Crippen molar-refractivity contribution in [2.45, 2.75) is 6.42 Å². The van der Waals surface area contributed by atoms with Crippen molar-refractivity contribution in [1.29, 1.82) is 0 Å². The second-order valence-electron chi connectivity index (χ2n) is 3.97. The number of hydrogen-bond acceptors (Lipinski definition) is 4. The molecule has 0 saturated heterocycles. The van der Waals surface area contributed by atoms with Gasteiger partial charge in [0.25, 0.3) is 0 Å². The summed E-state index contributed by atoms with van der Waals surface area (Å²) < 4.78 is 0. The number of rotatable bonds is 4. The summed E-state index contributed by atoms with van der Waals surface area (Å²) in [5.41, 5.74) is 7.56. The van der Waals surface area contributed by atoms with Crippen molar-refractivity contribution >= 4 is 28.1 Å². The van der Waals surface area contributed by atoms with Gasteiger partial charge in [-0.25, -0.2) is 0 Å². The lowest BCUT2D eigenvalue weighted by molar-refractivity contribution is -0.120. The summed E-state index contributed by atoms with van der Waals surface area (Å²) in [5, 5.41) is 7.76. The summed E-state index contributed by atoms with van der Waals surface area (Å²) in [6, 6.07) is 5.67. The molecule has 0 aliphatic heterocycles. The summed E-state index contributed by atoms with van der Waals surface area (Å²) in [4.78, 5) is 15.2. The van der Waals surface area contributed by atoms with E-state index in [9.17, 15) is 4.79 Å². The molecule has 0 aliphatic carbocycles. The lowest BCUT2D eigenvalue weighted by atomic mass is 10.1. The van der Waals surface area contributed by atoms with E-state index in [0.29, 0.717) is 18.7 Å². The molecule has 18 heavy (non-hydrogen) atoms. The first-order valence-corrected chi connectivity index (χ1v) is 5.79. The summed E-state index contributed by atoms with van der Waals surface area (Å²) in [7, 11) is 1.63. The van der Waals surface area contributed by atoms with E-state index < -0.39 is 0 Å². The van der Waals surface area contributed by atoms with Crippen LogP contribution in [-0.2, 0) is 4.79 Å². The van der Waals surface area contributed by atoms with Crippen molar-refractivity contribution in [3.8, 4) is 0 Å². The number of nitrogens with zero attached hydrogens (tertiary/aromatic N) is 1. The van der Waals surface area contributed by atoms with Gasteiger partial charge in [0.15, 0.2) is 0 Å². The Morgan fingerprint density at radius 2 is 2.17 bits per heavy atom. The van der Waals surface area contributed by atoms with Crippen LogP contribution in [0.15, 0.2) is 30.6 Å². The van der Waals surface area contributed by atoms with E-state index in [1.165, 1.54) is 0 Å². The van der Waals surface area contributed by atoms with Crippen LogP contribution in [0, 0.1) is 0 Å². The number of carbonyl (C=O) groups excluding carboxylic acids is 1. The highest BCUT2D eigenvalue weighted by atomic mass is 16.1. The van der Waals surface area contributed by atoms with Crippen LogP contribution in [0.5, 0.6) is 0 Å². The van der Waals surface area contributed by atoms with Crippen LogP contribution >= 0.6 is 0 Å². The molecule has 5 heteroatoms. The normalized spacial score (nSPS) is 10.3. The number of aromatic nitrogens is 1. The van der Waals surface area contributed by atoms with E-state index in [2.05, 4.69) is 15.6 Å². The monoisotopic (exact) mass is 244 g/mol. The van der Waals surface area contributed by atoms with E-state index in [1.807, 2.05) is 18.2 Å². The molecule has 0 radical (unpaired) electrons. The maximum absolute atomic E-state index is 11.1. The first kappa shape index (κ1) is 12.2. The molecule has 1 heterocycles. The van der Waals surface area contributed by atoms with Crippen molar-refractivity contribution in [3.63, 3.8) is 0 Å². The summed E-state index contributed by atoms with van der Waals surface area (Å²) >= 11 is 0. The van der Waals surface area contributed by atoms with Gasteiger partial charge in [-0.2, -0.15) is 0 Å². The summed E-state index contributed by atoms with van der Waals surface area (Å²) in [5.74, 6) is 0.0175. The number of amides is 1. The Bertz CT molecular complexity index is 568. The standard InChI is InChI=1S/C13H16N4O/c1-15-13(18)5-7-17-12-3-2-11(14)10-8-16-6-4-9(10)12/h2-4,6,8,17H,5,7,14H2,1H3,(H,15,18). The van der Waals surface area contributed by atoms with Gasteiger partial charge in [-0.3, -0.25) is 9.78 Å². The fourth-order valence-corrected chi connectivity index (χ4v) is 1.80. The highest BCUT2D eigenvalue weighted by Crippen LogP contribution is 2.27. The molecule has 0 atom stereocenters. The fraction of sp³-hybridized carbons (Fsp3) is 0.231. The van der Waals surface area contributed by atoms with Crippen LogP contribution in [0.3, 0.4) is 0 Å². The summed E-state index contributed by atoms with van der Waals surface area (Å²) in [6.07, 6.45) is 3.91. The molecular formula is C13H16N4O. The van der Waals surface area contributed by atoms with Crippen molar-refractivity contribution in [3.05, 3.63) is 30.6 Å². The molecule has 0 bridgehead atoms. The van der Waals surface area contributed by atoms with E-state index in [-0.39, 0.29) is 5.91 Å². The van der Waals surface area contributed by atoms with Gasteiger partial charge < -0.3 is 16.4 Å². The zero-order valence-corrected chi connectivity index (χ0v) is 10.2. The SMILES string of the molecule is CNC(=O)CCNc1ccc(N)c2cnccc12. The molecule has 2 aromatic rings. The third kappa shape index (κ3) is 2.51. The van der Waals surface area contributed by atoms with Gasteiger partial charge in [0, 0.05) is 54.6 Å². The third-order valence-electron chi connectivity index (χ3n) is 2.80. The molecule has 0 saturated carbocycles. The average Bonchev–Trinajstić information content (AvgIpc) is 2.41. The first-order valence-electron chi connectivity index (χ1n) is 5.79. The van der Waals surface area contributed by atoms with Crippen LogP contribution in [0.1, 0.15) is 6.42 Å². The highest BCUT2D eigenvalue weighted by molar-refractivity contribution is 6.00. The molecule has 1 aromatic heterocycles. The van der Waals surface area contributed by atoms with Gasteiger partial charge in [0.05, 0.1) is 0 Å². The van der Waals surface area contributed by atoms with Gasteiger partial charge in [-0.05, 0) is 18.2 Å². The van der Waals surface area contributed by atoms with E-state index >= 15 is 0 Å². The number of nitrogens with two attached hydrogens (primary N) is 1. The van der Waals surface area contributed by atoms with E-state index in [4.69, 9.17) is 5.73 Å². The zero-order valence-electron chi connectivity index (χ0n) is 10.2. The maximum atomic E-state index is 11.1. The minimum Gasteiger partial charge on any atom is -0.398 e. The Morgan fingerprint density at radius 1 is 1.33 bits per heavy atom. The number of anilines is 2. The number of nitrogens with one attached hydrogen (secondary N) is 2. The molecule has 5 nitrogen and oxygen atoms in total. The number of carbonyl (C=O) groups is 1. The van der Waals surface area contributed by atoms with E-state index in [1.54, 1.807) is 19.4 Å². The fourth-order valence-electron chi connectivity index (χ4n) is 1.80. The minimum atomic E-state index is 0.0175. The predicted molar refractivity (Wildman–Crippen MR) is 73.3 cm³/mol. The maximum Gasteiger partial charge on any atom is 0.221 e. The van der Waals surface area contributed by atoms with Gasteiger partial charge in [-0.15, -0.1) is 0 Å². The Kier molecular flexibility index (Phi) is 3.62. The third-order valence-corrected chi connectivity index (χ3v) is 2.80. The molecule has 0 aliphatic rings. The topological polar surface area (TPSA) is 80.0 Å². The molecule has 0 spiro atoms. The van der Waals surface area contributed by atoms with Gasteiger partial charge >= 0.3 is 0 Å². The quantitative estimate of drug-likeness (QED) is 0.709. The minimum absolute atomic E-state index is 0.0175. The van der Waals surface area contributed by atoms with Gasteiger partial charge in [0.2, 0.25) is 5.91 Å². The molecule has 1 amide bonds. The van der Waals surface area contributed by atoms with Crippen LogP contribution in [0.25, 0.3) is 10.8 Å². The van der Waals surface area contributed by atoms with Crippen molar-refractivity contribution in [2.24, 2.45) is 0 Å². The number of fused-ring (bicyclic) bond motifs is 1. The zero-order chi connectivity index (χ0) is 13.0. The Hall–Kier alpha value is -2.30. The van der Waals surface area contributed by atoms with Crippen LogP contribution in [-0.4, -0.2) is 24.5 Å². The number of nitrogen functional groups attached to an aromatic ring is 1. The largest absolute Gasteiger partial charge is 0.398 e. The number of benzene rings is 1. The Balaban J connectivity index is 2.18. The Morgan fingerprint density at radius 3 is 2.94 bits per heavy atom. The van der Waals surface area contributed by atoms with E-state index in [0.717, 1.165) is 16.5 Å². The molecule has 4 N–H and O–H groups in total. The Labute approximate surface area is 105 Å². The number of hydrogen-bond donors (Lipinski definition) is 3. The smallest absolute Gasteiger partial charge is 0.221 e. The van der Waals surface area contributed by atoms with Crippen molar-refractivity contribution in [1.82, 2.24) is 10.3 Å². The molecule has 2 rings (SSSR count). The highest BCUT2D eigenvalue weighted by Gasteiger charge is 2.04. The second kappa shape index (κ2) is 5.35. The van der Waals surface area contributed by atoms with Crippen LogP contribution < -0.4 is 16.4 Å². The molecule has 1 aromatic carbocycles. The second-order valence-corrected chi connectivity index (χ2v) is 3.97. The first-order chi connectivity index (χ1) is 8.72. The molecular weight excluding hydrogens is 228 g/mol. The lowest BCUT2D eigenvalue weighted by Gasteiger charge is -2.10. The van der Waals surface area contributed by atoms with Crippen LogP contribution in [0.2, 0.25) is 0 Å². The summed E-state index contributed by atoms with van der Waals surface area (Å²) in [6.45, 7) is 0.584. The van der Waals surface area contributed by atoms with Crippen LogP contribution in [0.4, 0.5) is 11.4 Å². The molecule has 94 valence electrons. The number of pyridine rings is 1. The average molecular weight is 244 g/mol. The lowest BCUT2D eigenvalue weighted by Crippen LogP contribution is -2.20. The molecule has 0 unspecified atom stereocenters. The van der Waals surface area contributed by atoms with Gasteiger partial charge in [0.1, 0.15) is 0 Å². The van der Waals surface area contributed by atoms with Crippen molar-refractivity contribution in [2.75, 3.05) is 24.6 Å².